The summed E-state index contributed by atoms with van der Waals surface area (Å²) < 4.78 is 28.7. The standard InChI is InChI=1S/C33H58F2N2O2/c1-3-5-7-9-11-13-15-17-19-21-24-28(34)32(38)36-30-26-23-27-31(30)37-33(39)29(35)25-22-20-18-16-14-12-10-8-6-4-2/h24-25,30-31H,3-23,26-27H2,1-2H3,(H,36,38)(H,37,39)/t30-,31+. The van der Waals surface area contributed by atoms with E-state index in [0.717, 1.165) is 44.9 Å². The van der Waals surface area contributed by atoms with Crippen molar-refractivity contribution in [3.63, 3.8) is 0 Å². The van der Waals surface area contributed by atoms with Crippen LogP contribution in [0.15, 0.2) is 23.8 Å². The summed E-state index contributed by atoms with van der Waals surface area (Å²) in [7, 11) is 0. The van der Waals surface area contributed by atoms with Crippen LogP contribution in [-0.4, -0.2) is 23.9 Å². The van der Waals surface area contributed by atoms with Gasteiger partial charge in [0.05, 0.1) is 0 Å². The summed E-state index contributed by atoms with van der Waals surface area (Å²) in [5.41, 5.74) is 0. The molecule has 0 bridgehead atoms. The number of hydrogen-bond acceptors (Lipinski definition) is 2. The Morgan fingerprint density at radius 2 is 0.872 bits per heavy atom. The Bertz CT molecular complexity index is 650. The second-order valence-corrected chi connectivity index (χ2v) is 11.4. The third kappa shape index (κ3) is 18.3. The summed E-state index contributed by atoms with van der Waals surface area (Å²) in [6.45, 7) is 4.44. The summed E-state index contributed by atoms with van der Waals surface area (Å²) in [6.07, 6.45) is 27.4. The average Bonchev–Trinajstić information content (AvgIpc) is 3.36. The highest BCUT2D eigenvalue weighted by Gasteiger charge is 2.31. The average molecular weight is 553 g/mol. The van der Waals surface area contributed by atoms with Crippen LogP contribution in [0, 0.1) is 0 Å². The molecule has 226 valence electrons. The molecule has 4 nitrogen and oxygen atoms in total. The lowest BCUT2D eigenvalue weighted by atomic mass is 10.1. The van der Waals surface area contributed by atoms with Gasteiger partial charge in [-0.25, -0.2) is 8.78 Å². The number of halogens is 2. The second-order valence-electron chi connectivity index (χ2n) is 11.4. The molecule has 2 atom stereocenters. The van der Waals surface area contributed by atoms with Crippen molar-refractivity contribution in [1.82, 2.24) is 10.6 Å². The second kappa shape index (κ2) is 24.1. The topological polar surface area (TPSA) is 58.2 Å². The summed E-state index contributed by atoms with van der Waals surface area (Å²) in [4.78, 5) is 24.6. The van der Waals surface area contributed by atoms with Gasteiger partial charge in [-0.15, -0.1) is 0 Å². The minimum atomic E-state index is -0.765. The fourth-order valence-corrected chi connectivity index (χ4v) is 5.33. The molecule has 2 amide bonds. The molecule has 0 unspecified atom stereocenters. The molecule has 1 saturated carbocycles. The minimum absolute atomic E-state index is 0.376. The zero-order chi connectivity index (χ0) is 28.6. The SMILES string of the molecule is CCCCCCCCCCCC=C(F)C(=O)N[C@H]1CCC[C@H]1NC(=O)C(F)=CCCCCCCCCCCC. The number of amides is 2. The van der Waals surface area contributed by atoms with Gasteiger partial charge in [0.2, 0.25) is 0 Å². The molecular weight excluding hydrogens is 494 g/mol. The van der Waals surface area contributed by atoms with E-state index in [4.69, 9.17) is 0 Å². The lowest BCUT2D eigenvalue weighted by molar-refractivity contribution is -0.122. The molecule has 39 heavy (non-hydrogen) atoms. The lowest BCUT2D eigenvalue weighted by Gasteiger charge is -2.21. The van der Waals surface area contributed by atoms with Crippen LogP contribution < -0.4 is 10.6 Å². The van der Waals surface area contributed by atoms with Crippen LogP contribution in [0.5, 0.6) is 0 Å². The molecule has 1 aliphatic rings. The molecule has 1 rings (SSSR count). The first-order valence-electron chi connectivity index (χ1n) is 16.3. The molecule has 0 aliphatic heterocycles. The normalized spacial score (nSPS) is 17.9. The summed E-state index contributed by atoms with van der Waals surface area (Å²) in [5.74, 6) is -3.01. The van der Waals surface area contributed by atoms with Gasteiger partial charge in [-0.05, 0) is 57.1 Å². The number of rotatable bonds is 24. The van der Waals surface area contributed by atoms with Crippen LogP contribution in [0.25, 0.3) is 0 Å². The maximum absolute atomic E-state index is 14.3. The zero-order valence-corrected chi connectivity index (χ0v) is 25.1. The minimum Gasteiger partial charge on any atom is -0.345 e. The first kappa shape index (κ1) is 35.3. The van der Waals surface area contributed by atoms with Crippen molar-refractivity contribution in [3.8, 4) is 0 Å². The van der Waals surface area contributed by atoms with Gasteiger partial charge in [-0.3, -0.25) is 9.59 Å². The number of carbonyl (C=O) groups is 2. The number of hydrogen-bond donors (Lipinski definition) is 2. The van der Waals surface area contributed by atoms with Crippen molar-refractivity contribution in [1.29, 1.82) is 0 Å². The Hall–Kier alpha value is -1.72. The first-order valence-corrected chi connectivity index (χ1v) is 16.3. The highest BCUT2D eigenvalue weighted by Crippen LogP contribution is 2.21. The highest BCUT2D eigenvalue weighted by molar-refractivity contribution is 5.92. The van der Waals surface area contributed by atoms with Gasteiger partial charge in [0, 0.05) is 12.1 Å². The summed E-state index contributed by atoms with van der Waals surface area (Å²) in [5, 5.41) is 5.41. The van der Waals surface area contributed by atoms with E-state index in [0.29, 0.717) is 25.7 Å². The molecule has 1 aliphatic carbocycles. The molecular formula is C33H58F2N2O2. The van der Waals surface area contributed by atoms with Crippen molar-refractivity contribution in [2.24, 2.45) is 0 Å². The van der Waals surface area contributed by atoms with Gasteiger partial charge in [0.1, 0.15) is 0 Å². The summed E-state index contributed by atoms with van der Waals surface area (Å²) in [6, 6.07) is -0.753. The molecule has 0 spiro atoms. The van der Waals surface area contributed by atoms with Crippen molar-refractivity contribution in [2.75, 3.05) is 0 Å². The largest absolute Gasteiger partial charge is 0.345 e. The van der Waals surface area contributed by atoms with E-state index >= 15 is 0 Å². The van der Waals surface area contributed by atoms with Gasteiger partial charge in [0.25, 0.3) is 11.8 Å². The molecule has 0 aromatic rings. The van der Waals surface area contributed by atoms with E-state index in [9.17, 15) is 18.4 Å². The maximum atomic E-state index is 14.3. The molecule has 0 saturated heterocycles. The fraction of sp³-hybridized carbons (Fsp3) is 0.818. The molecule has 0 heterocycles. The highest BCUT2D eigenvalue weighted by atomic mass is 19.1. The van der Waals surface area contributed by atoms with Crippen molar-refractivity contribution >= 4 is 11.8 Å². The van der Waals surface area contributed by atoms with Gasteiger partial charge in [-0.1, -0.05) is 117 Å². The number of carbonyl (C=O) groups excluding carboxylic acids is 2. The molecule has 0 radical (unpaired) electrons. The molecule has 0 aromatic heterocycles. The Labute approximate surface area is 238 Å². The Balaban J connectivity index is 2.22. The molecule has 6 heteroatoms. The van der Waals surface area contributed by atoms with E-state index in [1.807, 2.05) is 0 Å². The monoisotopic (exact) mass is 552 g/mol. The Morgan fingerprint density at radius 3 is 1.21 bits per heavy atom. The Morgan fingerprint density at radius 1 is 0.564 bits per heavy atom. The molecule has 2 N–H and O–H groups in total. The van der Waals surface area contributed by atoms with Crippen LogP contribution in [0.3, 0.4) is 0 Å². The van der Waals surface area contributed by atoms with Crippen LogP contribution >= 0.6 is 0 Å². The van der Waals surface area contributed by atoms with Gasteiger partial charge >= 0.3 is 0 Å². The zero-order valence-electron chi connectivity index (χ0n) is 25.1. The molecule has 0 aromatic carbocycles. The van der Waals surface area contributed by atoms with Crippen LogP contribution in [0.4, 0.5) is 8.78 Å². The van der Waals surface area contributed by atoms with Crippen LogP contribution in [0.1, 0.15) is 162 Å². The summed E-state index contributed by atoms with van der Waals surface area (Å²) >= 11 is 0. The number of allylic oxidation sites excluding steroid dienone is 2. The lowest BCUT2D eigenvalue weighted by Crippen LogP contribution is -2.48. The quantitative estimate of drug-likeness (QED) is 0.0925. The van der Waals surface area contributed by atoms with Gasteiger partial charge in [0.15, 0.2) is 11.7 Å². The number of nitrogens with one attached hydrogen (secondary N) is 2. The van der Waals surface area contributed by atoms with E-state index in [-0.39, 0.29) is 12.1 Å². The van der Waals surface area contributed by atoms with Crippen molar-refractivity contribution < 1.29 is 18.4 Å². The van der Waals surface area contributed by atoms with E-state index in [2.05, 4.69) is 24.5 Å². The van der Waals surface area contributed by atoms with Crippen LogP contribution in [0.2, 0.25) is 0 Å². The van der Waals surface area contributed by atoms with E-state index in [1.54, 1.807) is 0 Å². The smallest absolute Gasteiger partial charge is 0.279 e. The molecule has 1 fully saturated rings. The van der Waals surface area contributed by atoms with Crippen LogP contribution in [-0.2, 0) is 9.59 Å². The first-order chi connectivity index (χ1) is 19.0. The van der Waals surface area contributed by atoms with E-state index < -0.39 is 23.5 Å². The number of unbranched alkanes of at least 4 members (excludes halogenated alkanes) is 18. The third-order valence-corrected chi connectivity index (χ3v) is 7.85. The predicted octanol–water partition coefficient (Wildman–Crippen LogP) is 9.69. The maximum Gasteiger partial charge on any atom is 0.279 e. The third-order valence-electron chi connectivity index (χ3n) is 7.85. The van der Waals surface area contributed by atoms with Gasteiger partial charge < -0.3 is 10.6 Å². The van der Waals surface area contributed by atoms with Gasteiger partial charge in [-0.2, -0.15) is 0 Å². The van der Waals surface area contributed by atoms with Crippen molar-refractivity contribution in [3.05, 3.63) is 23.8 Å². The predicted molar refractivity (Wildman–Crippen MR) is 160 cm³/mol. The van der Waals surface area contributed by atoms with Crippen molar-refractivity contribution in [2.45, 2.75) is 174 Å². The fourth-order valence-electron chi connectivity index (χ4n) is 5.33. The Kier molecular flexibility index (Phi) is 21.8. The van der Waals surface area contributed by atoms with E-state index in [1.165, 1.54) is 89.2 Å².